The molecule has 1 aromatic rings. The van der Waals surface area contributed by atoms with E-state index in [-0.39, 0.29) is 17.9 Å². The Morgan fingerprint density at radius 3 is 3.00 bits per heavy atom. The quantitative estimate of drug-likeness (QED) is 0.635. The van der Waals surface area contributed by atoms with E-state index in [1.807, 2.05) is 13.8 Å². The van der Waals surface area contributed by atoms with Crippen molar-refractivity contribution in [3.8, 4) is 0 Å². The third-order valence-corrected chi connectivity index (χ3v) is 2.68. The number of nitrogen functional groups attached to an aromatic ring is 1. The second-order valence-electron chi connectivity index (χ2n) is 3.17. The van der Waals surface area contributed by atoms with Gasteiger partial charge >= 0.3 is 0 Å². The van der Waals surface area contributed by atoms with Crippen LogP contribution in [0.3, 0.4) is 0 Å². The molecule has 15 heavy (non-hydrogen) atoms. The molecule has 1 rings (SSSR count). The number of carbonyl (C=O) groups excluding carboxylic acids is 1. The fraction of sp³-hybridized carbons (Fsp3) is 0.625. The van der Waals surface area contributed by atoms with E-state index in [4.69, 9.17) is 5.73 Å². The van der Waals surface area contributed by atoms with Crippen molar-refractivity contribution in [2.24, 2.45) is 0 Å². The fourth-order valence-corrected chi connectivity index (χ4v) is 1.49. The monoisotopic (exact) mass is 229 g/mol. The molecule has 7 heteroatoms. The van der Waals surface area contributed by atoms with Crippen LogP contribution in [0.2, 0.25) is 0 Å². The maximum absolute atomic E-state index is 11.4. The number of nitrogens with one attached hydrogen (secondary N) is 2. The lowest BCUT2D eigenvalue weighted by atomic mass is 10.3. The van der Waals surface area contributed by atoms with Gasteiger partial charge in [0.05, 0.1) is 5.75 Å². The molecule has 1 atom stereocenters. The number of amides is 1. The molecule has 0 aliphatic heterocycles. The third-order valence-electron chi connectivity index (χ3n) is 1.83. The van der Waals surface area contributed by atoms with Crippen molar-refractivity contribution in [3.05, 3.63) is 0 Å². The average Bonchev–Trinajstić information content (AvgIpc) is 2.61. The molecule has 0 fully saturated rings. The van der Waals surface area contributed by atoms with Crippen LogP contribution in [0.15, 0.2) is 5.16 Å². The number of aromatic amines is 1. The van der Waals surface area contributed by atoms with Crippen molar-refractivity contribution < 1.29 is 4.79 Å². The zero-order valence-electron chi connectivity index (χ0n) is 8.78. The van der Waals surface area contributed by atoms with Gasteiger partial charge in [0, 0.05) is 6.04 Å². The summed E-state index contributed by atoms with van der Waals surface area (Å²) in [4.78, 5) is 15.2. The number of nitrogens with zero attached hydrogens (tertiary/aromatic N) is 2. The van der Waals surface area contributed by atoms with Gasteiger partial charge in [0.2, 0.25) is 17.0 Å². The number of aromatic nitrogens is 3. The van der Waals surface area contributed by atoms with E-state index in [1.54, 1.807) is 0 Å². The zero-order valence-corrected chi connectivity index (χ0v) is 9.60. The van der Waals surface area contributed by atoms with Crippen LogP contribution in [0, 0.1) is 0 Å². The Hall–Kier alpha value is -1.24. The van der Waals surface area contributed by atoms with Crippen molar-refractivity contribution in [1.29, 1.82) is 0 Å². The van der Waals surface area contributed by atoms with E-state index < -0.39 is 0 Å². The molecular formula is C8H15N5OS. The van der Waals surface area contributed by atoms with Gasteiger partial charge in [0.25, 0.3) is 0 Å². The summed E-state index contributed by atoms with van der Waals surface area (Å²) in [6.07, 6.45) is 0.921. The number of anilines is 1. The summed E-state index contributed by atoms with van der Waals surface area (Å²) in [7, 11) is 0. The molecular weight excluding hydrogens is 214 g/mol. The summed E-state index contributed by atoms with van der Waals surface area (Å²) in [5, 5.41) is 9.66. The van der Waals surface area contributed by atoms with Crippen LogP contribution in [0.25, 0.3) is 0 Å². The van der Waals surface area contributed by atoms with Gasteiger partial charge in [-0.25, -0.2) is 5.10 Å². The summed E-state index contributed by atoms with van der Waals surface area (Å²) in [5.41, 5.74) is 5.34. The van der Waals surface area contributed by atoms with Gasteiger partial charge in [0.15, 0.2) is 0 Å². The summed E-state index contributed by atoms with van der Waals surface area (Å²) in [5.74, 6) is 0.555. The average molecular weight is 229 g/mol. The minimum absolute atomic E-state index is 0.0160. The van der Waals surface area contributed by atoms with Gasteiger partial charge in [-0.15, -0.1) is 5.10 Å². The predicted molar refractivity (Wildman–Crippen MR) is 59.4 cm³/mol. The highest BCUT2D eigenvalue weighted by molar-refractivity contribution is 7.99. The highest BCUT2D eigenvalue weighted by Crippen LogP contribution is 2.11. The first kappa shape index (κ1) is 11.8. The van der Waals surface area contributed by atoms with Gasteiger partial charge in [0.1, 0.15) is 0 Å². The zero-order chi connectivity index (χ0) is 11.3. The number of thioether (sulfide) groups is 1. The molecule has 0 aliphatic rings. The molecule has 0 bridgehead atoms. The van der Waals surface area contributed by atoms with Gasteiger partial charge in [-0.3, -0.25) is 4.79 Å². The Balaban J connectivity index is 2.28. The van der Waals surface area contributed by atoms with Crippen molar-refractivity contribution in [3.63, 3.8) is 0 Å². The summed E-state index contributed by atoms with van der Waals surface area (Å²) in [6, 6.07) is 0.204. The molecule has 0 saturated carbocycles. The highest BCUT2D eigenvalue weighted by Gasteiger charge is 2.08. The molecule has 1 aromatic heterocycles. The number of rotatable bonds is 5. The Labute approximate surface area is 92.4 Å². The number of H-pyrrole nitrogens is 1. The first-order valence-corrected chi connectivity index (χ1v) is 5.70. The molecule has 0 unspecified atom stereocenters. The van der Waals surface area contributed by atoms with E-state index in [1.165, 1.54) is 11.8 Å². The Bertz CT molecular complexity index is 327. The molecule has 1 amide bonds. The Kier molecular flexibility index (Phi) is 4.41. The minimum atomic E-state index is -0.0160. The molecule has 0 radical (unpaired) electrons. The van der Waals surface area contributed by atoms with Crippen molar-refractivity contribution in [1.82, 2.24) is 20.5 Å². The normalized spacial score (nSPS) is 12.4. The van der Waals surface area contributed by atoms with Crippen LogP contribution in [-0.2, 0) is 4.79 Å². The van der Waals surface area contributed by atoms with Crippen LogP contribution in [0.4, 0.5) is 5.95 Å². The lowest BCUT2D eigenvalue weighted by Gasteiger charge is -2.09. The molecule has 0 saturated heterocycles. The number of hydrogen-bond acceptors (Lipinski definition) is 5. The van der Waals surface area contributed by atoms with Crippen molar-refractivity contribution in [2.75, 3.05) is 11.5 Å². The lowest BCUT2D eigenvalue weighted by Crippen LogP contribution is -2.33. The van der Waals surface area contributed by atoms with Crippen LogP contribution in [0.5, 0.6) is 0 Å². The topological polar surface area (TPSA) is 96.7 Å². The number of carbonyl (C=O) groups is 1. The van der Waals surface area contributed by atoms with Crippen molar-refractivity contribution >= 4 is 23.6 Å². The second-order valence-corrected chi connectivity index (χ2v) is 4.11. The van der Waals surface area contributed by atoms with Crippen LogP contribution >= 0.6 is 11.8 Å². The predicted octanol–water partition coefficient (Wildman–Crippen LogP) is 0.394. The maximum Gasteiger partial charge on any atom is 0.230 e. The maximum atomic E-state index is 11.4. The molecule has 84 valence electrons. The summed E-state index contributed by atoms with van der Waals surface area (Å²) in [6.45, 7) is 3.99. The molecule has 0 aliphatic carbocycles. The lowest BCUT2D eigenvalue weighted by molar-refractivity contribution is -0.119. The van der Waals surface area contributed by atoms with E-state index in [9.17, 15) is 4.79 Å². The Morgan fingerprint density at radius 1 is 1.73 bits per heavy atom. The Morgan fingerprint density at radius 2 is 2.47 bits per heavy atom. The standard InChI is InChI=1S/C8H15N5OS/c1-3-5(2)10-6(14)4-15-8-11-7(9)12-13-8/h5H,3-4H2,1-2H3,(H,10,14)(H3,9,11,12,13)/t5-/m1/s1. The van der Waals surface area contributed by atoms with E-state index in [2.05, 4.69) is 20.5 Å². The SMILES string of the molecule is CC[C@@H](C)NC(=O)CSc1n[nH]c(N)n1. The van der Waals surface area contributed by atoms with E-state index in [0.717, 1.165) is 6.42 Å². The van der Waals surface area contributed by atoms with Crippen LogP contribution < -0.4 is 11.1 Å². The van der Waals surface area contributed by atoms with Gasteiger partial charge in [-0.05, 0) is 13.3 Å². The fourth-order valence-electron chi connectivity index (χ4n) is 0.871. The first-order valence-electron chi connectivity index (χ1n) is 4.71. The number of nitrogens with two attached hydrogens (primary N) is 1. The second kappa shape index (κ2) is 5.59. The van der Waals surface area contributed by atoms with Crippen molar-refractivity contribution in [2.45, 2.75) is 31.5 Å². The van der Waals surface area contributed by atoms with E-state index >= 15 is 0 Å². The van der Waals surface area contributed by atoms with Gasteiger partial charge < -0.3 is 11.1 Å². The van der Waals surface area contributed by atoms with Crippen LogP contribution in [-0.4, -0.2) is 32.9 Å². The summed E-state index contributed by atoms with van der Waals surface area (Å²) >= 11 is 1.26. The summed E-state index contributed by atoms with van der Waals surface area (Å²) < 4.78 is 0. The molecule has 0 aromatic carbocycles. The van der Waals surface area contributed by atoms with Crippen LogP contribution in [0.1, 0.15) is 20.3 Å². The van der Waals surface area contributed by atoms with Gasteiger partial charge in [-0.2, -0.15) is 4.98 Å². The molecule has 1 heterocycles. The smallest absolute Gasteiger partial charge is 0.230 e. The largest absolute Gasteiger partial charge is 0.368 e. The first-order chi connectivity index (χ1) is 7.11. The minimum Gasteiger partial charge on any atom is -0.368 e. The molecule has 6 nitrogen and oxygen atoms in total. The van der Waals surface area contributed by atoms with E-state index in [0.29, 0.717) is 10.9 Å². The molecule has 0 spiro atoms. The number of hydrogen-bond donors (Lipinski definition) is 3. The highest BCUT2D eigenvalue weighted by atomic mass is 32.2. The van der Waals surface area contributed by atoms with Gasteiger partial charge in [-0.1, -0.05) is 18.7 Å². The molecule has 4 N–H and O–H groups in total. The third kappa shape index (κ3) is 4.20.